The second-order valence-corrected chi connectivity index (χ2v) is 5.72. The monoisotopic (exact) mass is 290 g/mol. The molecule has 0 bridgehead atoms. The Balaban J connectivity index is 1.98. The minimum absolute atomic E-state index is 0.113. The molecule has 0 aromatic heterocycles. The van der Waals surface area contributed by atoms with Gasteiger partial charge >= 0.3 is 5.97 Å². The number of aliphatic carboxylic acids is 1. The summed E-state index contributed by atoms with van der Waals surface area (Å²) in [5.74, 6) is -1.14. The van der Waals surface area contributed by atoms with Crippen LogP contribution in [-0.4, -0.2) is 54.0 Å². The number of carboxylic acids is 1. The molecule has 1 amide bonds. The number of nitrogens with zero attached hydrogens (tertiary/aromatic N) is 2. The van der Waals surface area contributed by atoms with Gasteiger partial charge in [-0.1, -0.05) is 24.3 Å². The number of rotatable bonds is 5. The Morgan fingerprint density at radius 2 is 2.05 bits per heavy atom. The van der Waals surface area contributed by atoms with E-state index in [1.165, 1.54) is 0 Å². The molecule has 0 saturated carbocycles. The predicted octanol–water partition coefficient (Wildman–Crippen LogP) is 1.54. The number of benzene rings is 1. The second-order valence-electron chi connectivity index (χ2n) is 5.72. The maximum absolute atomic E-state index is 11.6. The van der Waals surface area contributed by atoms with Crippen molar-refractivity contribution in [3.05, 3.63) is 35.4 Å². The number of amides is 1. The number of carbonyl (C=O) groups is 2. The van der Waals surface area contributed by atoms with Gasteiger partial charge in [0.15, 0.2) is 0 Å². The molecule has 0 spiro atoms. The maximum Gasteiger partial charge on any atom is 0.312 e. The minimum atomic E-state index is -0.781. The van der Waals surface area contributed by atoms with E-state index in [0.29, 0.717) is 13.0 Å². The van der Waals surface area contributed by atoms with Crippen LogP contribution >= 0.6 is 0 Å². The molecule has 1 aromatic rings. The Bertz CT molecular complexity index is 528. The van der Waals surface area contributed by atoms with Crippen molar-refractivity contribution in [2.24, 2.45) is 0 Å². The lowest BCUT2D eigenvalue weighted by molar-refractivity contribution is -0.139. The molecular weight excluding hydrogens is 268 g/mol. The highest BCUT2D eigenvalue weighted by molar-refractivity contribution is 5.77. The van der Waals surface area contributed by atoms with E-state index in [1.54, 1.807) is 19.0 Å². The summed E-state index contributed by atoms with van der Waals surface area (Å²) in [5.41, 5.74) is 2.00. The summed E-state index contributed by atoms with van der Waals surface area (Å²) in [6.07, 6.45) is 1.26. The van der Waals surface area contributed by atoms with Crippen LogP contribution in [-0.2, 0) is 16.1 Å². The zero-order chi connectivity index (χ0) is 15.4. The van der Waals surface area contributed by atoms with Crippen LogP contribution in [0.5, 0.6) is 0 Å². The first-order valence-electron chi connectivity index (χ1n) is 7.22. The largest absolute Gasteiger partial charge is 0.481 e. The molecule has 0 fully saturated rings. The van der Waals surface area contributed by atoms with Crippen molar-refractivity contribution in [3.8, 4) is 0 Å². The first-order valence-corrected chi connectivity index (χ1v) is 7.22. The van der Waals surface area contributed by atoms with E-state index in [0.717, 1.165) is 30.6 Å². The van der Waals surface area contributed by atoms with E-state index in [9.17, 15) is 14.7 Å². The molecule has 21 heavy (non-hydrogen) atoms. The zero-order valence-corrected chi connectivity index (χ0v) is 12.6. The fourth-order valence-corrected chi connectivity index (χ4v) is 2.74. The molecule has 0 aliphatic carbocycles. The third-order valence-electron chi connectivity index (χ3n) is 3.93. The van der Waals surface area contributed by atoms with Crippen molar-refractivity contribution in [1.29, 1.82) is 0 Å². The average Bonchev–Trinajstić information content (AvgIpc) is 2.46. The van der Waals surface area contributed by atoms with Gasteiger partial charge in [0.25, 0.3) is 0 Å². The van der Waals surface area contributed by atoms with Crippen molar-refractivity contribution in [1.82, 2.24) is 9.80 Å². The van der Waals surface area contributed by atoms with Crippen LogP contribution in [0.25, 0.3) is 0 Å². The molecule has 5 nitrogen and oxygen atoms in total. The van der Waals surface area contributed by atoms with Crippen molar-refractivity contribution in [2.75, 3.05) is 27.2 Å². The molecule has 1 heterocycles. The topological polar surface area (TPSA) is 60.9 Å². The van der Waals surface area contributed by atoms with Gasteiger partial charge in [-0.3, -0.25) is 14.5 Å². The SMILES string of the molecule is CN(C)C(=O)CCCN1Cc2ccccc2C(C(=O)O)C1. The van der Waals surface area contributed by atoms with E-state index in [2.05, 4.69) is 4.90 Å². The zero-order valence-electron chi connectivity index (χ0n) is 12.6. The smallest absolute Gasteiger partial charge is 0.312 e. The van der Waals surface area contributed by atoms with Crippen LogP contribution in [0, 0.1) is 0 Å². The number of hydrogen-bond acceptors (Lipinski definition) is 3. The minimum Gasteiger partial charge on any atom is -0.481 e. The summed E-state index contributed by atoms with van der Waals surface area (Å²) in [6.45, 7) is 2.02. The van der Waals surface area contributed by atoms with E-state index in [-0.39, 0.29) is 5.91 Å². The normalized spacial score (nSPS) is 18.1. The number of carbonyl (C=O) groups excluding carboxylic acids is 1. The first kappa shape index (κ1) is 15.5. The standard InChI is InChI=1S/C16H22N2O3/c1-17(2)15(19)8-5-9-18-10-12-6-3-4-7-13(12)14(11-18)16(20)21/h3-4,6-7,14H,5,8-11H2,1-2H3,(H,20,21). The first-order chi connectivity index (χ1) is 9.99. The fraction of sp³-hybridized carbons (Fsp3) is 0.500. The molecule has 5 heteroatoms. The molecule has 1 N–H and O–H groups in total. The number of fused-ring (bicyclic) bond motifs is 1. The maximum atomic E-state index is 11.6. The summed E-state index contributed by atoms with van der Waals surface area (Å²) in [7, 11) is 3.50. The Labute approximate surface area is 125 Å². The molecule has 114 valence electrons. The van der Waals surface area contributed by atoms with Gasteiger partial charge in [0.1, 0.15) is 0 Å². The molecule has 1 unspecified atom stereocenters. The van der Waals surface area contributed by atoms with Gasteiger partial charge in [0.2, 0.25) is 5.91 Å². The van der Waals surface area contributed by atoms with Gasteiger partial charge in [-0.2, -0.15) is 0 Å². The Hall–Kier alpha value is -1.88. The third-order valence-corrected chi connectivity index (χ3v) is 3.93. The Morgan fingerprint density at radius 1 is 1.33 bits per heavy atom. The summed E-state index contributed by atoms with van der Waals surface area (Å²) in [6, 6.07) is 7.72. The molecule has 1 aliphatic heterocycles. The fourth-order valence-electron chi connectivity index (χ4n) is 2.74. The third kappa shape index (κ3) is 3.82. The summed E-state index contributed by atoms with van der Waals surface area (Å²) in [4.78, 5) is 26.7. The van der Waals surface area contributed by atoms with E-state index >= 15 is 0 Å². The van der Waals surface area contributed by atoms with Crippen LogP contribution in [0.15, 0.2) is 24.3 Å². The molecule has 1 aliphatic rings. The average molecular weight is 290 g/mol. The van der Waals surface area contributed by atoms with Gasteiger partial charge in [-0.25, -0.2) is 0 Å². The second kappa shape index (κ2) is 6.72. The summed E-state index contributed by atoms with van der Waals surface area (Å²) in [5, 5.41) is 9.40. The van der Waals surface area contributed by atoms with Crippen LogP contribution in [0.4, 0.5) is 0 Å². The van der Waals surface area contributed by atoms with Crippen LogP contribution < -0.4 is 0 Å². The highest BCUT2D eigenvalue weighted by atomic mass is 16.4. The van der Waals surface area contributed by atoms with Gasteiger partial charge < -0.3 is 10.0 Å². The molecule has 1 aromatic carbocycles. The molecule has 1 atom stereocenters. The van der Waals surface area contributed by atoms with Crippen LogP contribution in [0.3, 0.4) is 0 Å². The summed E-state index contributed by atoms with van der Waals surface area (Å²) >= 11 is 0. The molecule has 0 radical (unpaired) electrons. The lowest BCUT2D eigenvalue weighted by atomic mass is 9.89. The lowest BCUT2D eigenvalue weighted by Crippen LogP contribution is -2.37. The highest BCUT2D eigenvalue weighted by Gasteiger charge is 2.29. The molecule has 0 saturated heterocycles. The van der Waals surface area contributed by atoms with Gasteiger partial charge in [0, 0.05) is 33.6 Å². The van der Waals surface area contributed by atoms with Gasteiger partial charge in [-0.05, 0) is 24.1 Å². The van der Waals surface area contributed by atoms with Crippen molar-refractivity contribution in [3.63, 3.8) is 0 Å². The van der Waals surface area contributed by atoms with Gasteiger partial charge in [0.05, 0.1) is 5.92 Å². The number of carboxylic acid groups (broad SMARTS) is 1. The highest BCUT2D eigenvalue weighted by Crippen LogP contribution is 2.28. The number of hydrogen-bond donors (Lipinski definition) is 1. The summed E-state index contributed by atoms with van der Waals surface area (Å²) < 4.78 is 0. The Kier molecular flexibility index (Phi) is 4.96. The van der Waals surface area contributed by atoms with Crippen molar-refractivity contribution in [2.45, 2.75) is 25.3 Å². The van der Waals surface area contributed by atoms with Gasteiger partial charge in [-0.15, -0.1) is 0 Å². The van der Waals surface area contributed by atoms with E-state index in [4.69, 9.17) is 0 Å². The quantitative estimate of drug-likeness (QED) is 0.893. The lowest BCUT2D eigenvalue weighted by Gasteiger charge is -2.32. The predicted molar refractivity (Wildman–Crippen MR) is 80.0 cm³/mol. The van der Waals surface area contributed by atoms with Crippen LogP contribution in [0.2, 0.25) is 0 Å². The van der Waals surface area contributed by atoms with E-state index < -0.39 is 11.9 Å². The Morgan fingerprint density at radius 3 is 2.71 bits per heavy atom. The van der Waals surface area contributed by atoms with E-state index in [1.807, 2.05) is 24.3 Å². The van der Waals surface area contributed by atoms with Crippen LogP contribution in [0.1, 0.15) is 29.9 Å². The molecular formula is C16H22N2O3. The molecule has 2 rings (SSSR count). The van der Waals surface area contributed by atoms with Crippen molar-refractivity contribution < 1.29 is 14.7 Å². The van der Waals surface area contributed by atoms with Crippen molar-refractivity contribution >= 4 is 11.9 Å².